The first-order valence-electron chi connectivity index (χ1n) is 5.79. The SMILES string of the molecule is C=C(C)C(=O)O[SiH2]C(C(C)(C)C)C(C)(C)C. The normalized spacial score (nSPS) is 13.5. The van der Waals surface area contributed by atoms with Crippen molar-refractivity contribution >= 4 is 15.7 Å². The zero-order valence-electron chi connectivity index (χ0n) is 11.8. The van der Waals surface area contributed by atoms with Gasteiger partial charge in [-0.15, -0.1) is 0 Å². The van der Waals surface area contributed by atoms with Crippen LogP contribution in [0.1, 0.15) is 48.5 Å². The molecule has 16 heavy (non-hydrogen) atoms. The molecular weight excluding hydrogens is 216 g/mol. The monoisotopic (exact) mass is 242 g/mol. The molecule has 0 aromatic rings. The lowest BCUT2D eigenvalue weighted by Crippen LogP contribution is -2.33. The molecule has 0 unspecified atom stereocenters. The highest BCUT2D eigenvalue weighted by Gasteiger charge is 2.36. The average molecular weight is 242 g/mol. The molecule has 3 heteroatoms. The van der Waals surface area contributed by atoms with Gasteiger partial charge in [0.25, 0.3) is 0 Å². The van der Waals surface area contributed by atoms with E-state index in [2.05, 4.69) is 48.1 Å². The van der Waals surface area contributed by atoms with Gasteiger partial charge >= 0.3 is 5.97 Å². The third-order valence-corrected chi connectivity index (χ3v) is 6.03. The van der Waals surface area contributed by atoms with Crippen LogP contribution in [0, 0.1) is 10.8 Å². The molecule has 0 aromatic carbocycles. The minimum atomic E-state index is -0.884. The van der Waals surface area contributed by atoms with E-state index in [-0.39, 0.29) is 16.8 Å². The fraction of sp³-hybridized carbons (Fsp3) is 0.769. The van der Waals surface area contributed by atoms with Crippen molar-refractivity contribution in [1.82, 2.24) is 0 Å². The zero-order chi connectivity index (χ0) is 13.1. The van der Waals surface area contributed by atoms with Gasteiger partial charge in [-0.25, -0.2) is 4.79 Å². The third kappa shape index (κ3) is 4.97. The molecule has 0 aliphatic carbocycles. The summed E-state index contributed by atoms with van der Waals surface area (Å²) < 4.78 is 5.42. The van der Waals surface area contributed by atoms with Crippen LogP contribution in [-0.2, 0) is 9.22 Å². The van der Waals surface area contributed by atoms with Crippen molar-refractivity contribution in [3.8, 4) is 0 Å². The van der Waals surface area contributed by atoms with Crippen molar-refractivity contribution in [2.45, 2.75) is 54.0 Å². The van der Waals surface area contributed by atoms with Crippen molar-refractivity contribution in [1.29, 1.82) is 0 Å². The maximum Gasteiger partial charge on any atom is 0.319 e. The summed E-state index contributed by atoms with van der Waals surface area (Å²) in [5, 5.41) is 0. The maximum atomic E-state index is 11.4. The van der Waals surface area contributed by atoms with Crippen LogP contribution in [0.4, 0.5) is 0 Å². The summed E-state index contributed by atoms with van der Waals surface area (Å²) in [6.45, 7) is 18.6. The lowest BCUT2D eigenvalue weighted by Gasteiger charge is -2.39. The number of hydrogen-bond acceptors (Lipinski definition) is 2. The lowest BCUT2D eigenvalue weighted by molar-refractivity contribution is -0.130. The van der Waals surface area contributed by atoms with Gasteiger partial charge in [0.1, 0.15) is 0 Å². The van der Waals surface area contributed by atoms with Gasteiger partial charge in [0.05, 0.1) is 0 Å². The molecule has 0 spiro atoms. The van der Waals surface area contributed by atoms with Gasteiger partial charge in [-0.3, -0.25) is 0 Å². The van der Waals surface area contributed by atoms with Gasteiger partial charge in [-0.1, -0.05) is 48.1 Å². The summed E-state index contributed by atoms with van der Waals surface area (Å²) in [7, 11) is -0.884. The van der Waals surface area contributed by atoms with Crippen LogP contribution in [0.2, 0.25) is 5.54 Å². The summed E-state index contributed by atoms with van der Waals surface area (Å²) in [5.41, 5.74) is 1.32. The largest absolute Gasteiger partial charge is 0.521 e. The summed E-state index contributed by atoms with van der Waals surface area (Å²) in [5.74, 6) is -0.231. The van der Waals surface area contributed by atoms with Crippen LogP contribution in [0.15, 0.2) is 12.2 Å². The van der Waals surface area contributed by atoms with Crippen molar-refractivity contribution in [2.24, 2.45) is 10.8 Å². The molecule has 0 amide bonds. The Bertz CT molecular complexity index is 255. The molecule has 94 valence electrons. The van der Waals surface area contributed by atoms with E-state index in [1.165, 1.54) is 0 Å². The van der Waals surface area contributed by atoms with Crippen LogP contribution in [0.25, 0.3) is 0 Å². The fourth-order valence-electron chi connectivity index (χ4n) is 2.08. The van der Waals surface area contributed by atoms with E-state index in [0.717, 1.165) is 0 Å². The molecule has 0 bridgehead atoms. The van der Waals surface area contributed by atoms with Crippen LogP contribution in [0.3, 0.4) is 0 Å². The van der Waals surface area contributed by atoms with Crippen molar-refractivity contribution in [2.75, 3.05) is 0 Å². The highest BCUT2D eigenvalue weighted by atomic mass is 28.2. The summed E-state index contributed by atoms with van der Waals surface area (Å²) in [4.78, 5) is 11.4. The fourth-order valence-corrected chi connectivity index (χ4v) is 3.65. The minimum absolute atomic E-state index is 0.180. The molecule has 0 rings (SSSR count). The van der Waals surface area contributed by atoms with Gasteiger partial charge in [0.2, 0.25) is 9.76 Å². The predicted molar refractivity (Wildman–Crippen MR) is 72.1 cm³/mol. The maximum absolute atomic E-state index is 11.4. The Morgan fingerprint density at radius 2 is 1.50 bits per heavy atom. The molecule has 0 fully saturated rings. The first-order valence-corrected chi connectivity index (χ1v) is 7.18. The second-order valence-corrected chi connectivity index (χ2v) is 8.10. The smallest absolute Gasteiger partial charge is 0.319 e. The molecule has 0 saturated heterocycles. The topological polar surface area (TPSA) is 26.3 Å². The van der Waals surface area contributed by atoms with Gasteiger partial charge in [0, 0.05) is 5.57 Å². The molecule has 0 aromatic heterocycles. The van der Waals surface area contributed by atoms with E-state index in [1.807, 2.05) is 0 Å². The summed E-state index contributed by atoms with van der Waals surface area (Å²) in [6, 6.07) is 0. The molecule has 0 aliphatic heterocycles. The molecule has 0 saturated carbocycles. The van der Waals surface area contributed by atoms with E-state index in [4.69, 9.17) is 4.43 Å². The molecule has 0 aliphatic rings. The number of rotatable bonds is 3. The highest BCUT2D eigenvalue weighted by molar-refractivity contribution is 6.34. The Labute approximate surface area is 102 Å². The lowest BCUT2D eigenvalue weighted by atomic mass is 9.77. The Morgan fingerprint density at radius 3 is 1.75 bits per heavy atom. The number of carbonyl (C=O) groups excluding carboxylic acids is 1. The standard InChI is InChI=1S/C13H26O2Si/c1-9(2)10(14)15-16-11(12(3,4)5)13(6,7)8/h11H,1,16H2,2-8H3. The molecule has 0 heterocycles. The van der Waals surface area contributed by atoms with E-state index < -0.39 is 9.76 Å². The van der Waals surface area contributed by atoms with E-state index >= 15 is 0 Å². The zero-order valence-corrected chi connectivity index (χ0v) is 13.2. The van der Waals surface area contributed by atoms with E-state index in [1.54, 1.807) is 6.92 Å². The Balaban J connectivity index is 4.60. The Kier molecular flexibility index (Phi) is 4.99. The van der Waals surface area contributed by atoms with Crippen LogP contribution >= 0.6 is 0 Å². The Hall–Kier alpha value is -0.573. The van der Waals surface area contributed by atoms with Crippen molar-refractivity contribution < 1.29 is 9.22 Å². The predicted octanol–water partition coefficient (Wildman–Crippen LogP) is 3.07. The third-order valence-electron chi connectivity index (χ3n) is 2.82. The first-order chi connectivity index (χ1) is 6.96. The summed E-state index contributed by atoms with van der Waals surface area (Å²) >= 11 is 0. The molecule has 0 N–H and O–H groups in total. The Morgan fingerprint density at radius 1 is 1.12 bits per heavy atom. The number of carbonyl (C=O) groups is 1. The second-order valence-electron chi connectivity index (χ2n) is 6.66. The van der Waals surface area contributed by atoms with Crippen molar-refractivity contribution in [3.05, 3.63) is 12.2 Å². The van der Waals surface area contributed by atoms with Crippen LogP contribution in [0.5, 0.6) is 0 Å². The van der Waals surface area contributed by atoms with Gasteiger partial charge < -0.3 is 4.43 Å². The van der Waals surface area contributed by atoms with Gasteiger partial charge in [-0.2, -0.15) is 0 Å². The van der Waals surface area contributed by atoms with E-state index in [9.17, 15) is 4.79 Å². The number of hydrogen-bond donors (Lipinski definition) is 0. The minimum Gasteiger partial charge on any atom is -0.521 e. The first kappa shape index (κ1) is 15.4. The van der Waals surface area contributed by atoms with Crippen LogP contribution in [-0.4, -0.2) is 15.7 Å². The second kappa shape index (κ2) is 5.17. The average Bonchev–Trinajstić information content (AvgIpc) is 1.98. The van der Waals surface area contributed by atoms with Gasteiger partial charge in [0.15, 0.2) is 0 Å². The van der Waals surface area contributed by atoms with Crippen LogP contribution < -0.4 is 0 Å². The molecule has 2 nitrogen and oxygen atoms in total. The molecule has 0 atom stereocenters. The highest BCUT2D eigenvalue weighted by Crippen LogP contribution is 2.44. The van der Waals surface area contributed by atoms with E-state index in [0.29, 0.717) is 11.1 Å². The van der Waals surface area contributed by atoms with Crippen molar-refractivity contribution in [3.63, 3.8) is 0 Å². The summed E-state index contributed by atoms with van der Waals surface area (Å²) in [6.07, 6.45) is 0. The molecule has 0 radical (unpaired) electrons. The van der Waals surface area contributed by atoms with Gasteiger partial charge in [-0.05, 0) is 23.3 Å². The quantitative estimate of drug-likeness (QED) is 0.561. The molecular formula is C13H26O2Si.